The van der Waals surface area contributed by atoms with Gasteiger partial charge in [-0.2, -0.15) is 0 Å². The maximum Gasteiger partial charge on any atom is 0.255 e. The quantitative estimate of drug-likeness (QED) is 0.714. The Morgan fingerprint density at radius 2 is 1.79 bits per heavy atom. The van der Waals surface area contributed by atoms with Crippen molar-refractivity contribution in [3.63, 3.8) is 0 Å². The number of hydrogen-bond acceptors (Lipinski definition) is 4. The van der Waals surface area contributed by atoms with Gasteiger partial charge < -0.3 is 10.1 Å². The lowest BCUT2D eigenvalue weighted by molar-refractivity contribution is -0.163. The van der Waals surface area contributed by atoms with E-state index in [2.05, 4.69) is 5.32 Å². The first-order valence-corrected chi connectivity index (χ1v) is 7.38. The molecule has 2 saturated heterocycles. The van der Waals surface area contributed by atoms with Gasteiger partial charge in [0.25, 0.3) is 11.8 Å². The Morgan fingerprint density at radius 3 is 2.47 bits per heavy atom. The molecule has 2 amide bonds. The van der Waals surface area contributed by atoms with Crippen molar-refractivity contribution in [2.24, 2.45) is 0 Å². The van der Waals surface area contributed by atoms with Crippen molar-refractivity contribution in [2.45, 2.75) is 56.5 Å². The monoisotopic (exact) mass is 266 g/mol. The summed E-state index contributed by atoms with van der Waals surface area (Å²) < 4.78 is 5.00. The molecule has 0 bridgehead atoms. The van der Waals surface area contributed by atoms with Crippen molar-refractivity contribution >= 4 is 11.8 Å². The minimum atomic E-state index is -0.158. The summed E-state index contributed by atoms with van der Waals surface area (Å²) in [7, 11) is 0. The minimum Gasteiger partial charge on any atom is -0.362 e. The number of carbonyl (C=O) groups is 2. The van der Waals surface area contributed by atoms with Crippen LogP contribution in [-0.2, 0) is 14.3 Å². The van der Waals surface area contributed by atoms with Gasteiger partial charge in [0, 0.05) is 11.6 Å². The standard InChI is InChI=1S/C14H22N2O3/c17-12-9-19-10-13(18)16(12)11-4-7-15-14(8-11)5-2-1-3-6-14/h11,15H,1-10H2. The van der Waals surface area contributed by atoms with Crippen LogP contribution in [0.4, 0.5) is 0 Å². The molecule has 3 fully saturated rings. The first kappa shape index (κ1) is 13.1. The second-order valence-corrected chi connectivity index (χ2v) is 6.06. The number of carbonyl (C=O) groups excluding carboxylic acids is 2. The zero-order chi connectivity index (χ0) is 13.3. The van der Waals surface area contributed by atoms with E-state index >= 15 is 0 Å². The highest BCUT2D eigenvalue weighted by molar-refractivity contribution is 5.98. The Hall–Kier alpha value is -0.940. The van der Waals surface area contributed by atoms with Crippen LogP contribution in [0.15, 0.2) is 0 Å². The van der Waals surface area contributed by atoms with Crippen molar-refractivity contribution in [3.05, 3.63) is 0 Å². The molecule has 5 nitrogen and oxygen atoms in total. The lowest BCUT2D eigenvalue weighted by atomic mass is 9.74. The van der Waals surface area contributed by atoms with E-state index in [1.54, 1.807) is 0 Å². The highest BCUT2D eigenvalue weighted by Crippen LogP contribution is 2.36. The topological polar surface area (TPSA) is 58.6 Å². The van der Waals surface area contributed by atoms with Crippen molar-refractivity contribution in [2.75, 3.05) is 19.8 Å². The van der Waals surface area contributed by atoms with Crippen LogP contribution in [0.1, 0.15) is 44.9 Å². The summed E-state index contributed by atoms with van der Waals surface area (Å²) in [6, 6.07) is 0.0725. The predicted molar refractivity (Wildman–Crippen MR) is 69.5 cm³/mol. The summed E-state index contributed by atoms with van der Waals surface area (Å²) >= 11 is 0. The molecule has 1 spiro atoms. The fourth-order valence-corrected chi connectivity index (χ4v) is 3.87. The molecule has 2 aliphatic heterocycles. The zero-order valence-corrected chi connectivity index (χ0v) is 11.3. The van der Waals surface area contributed by atoms with Crippen LogP contribution in [0, 0.1) is 0 Å². The summed E-state index contributed by atoms with van der Waals surface area (Å²) in [4.78, 5) is 25.4. The van der Waals surface area contributed by atoms with Gasteiger partial charge in [-0.1, -0.05) is 19.3 Å². The number of ether oxygens (including phenoxy) is 1. The number of morpholine rings is 1. The van der Waals surface area contributed by atoms with E-state index in [4.69, 9.17) is 4.74 Å². The highest BCUT2D eigenvalue weighted by Gasteiger charge is 2.42. The third-order valence-electron chi connectivity index (χ3n) is 4.77. The molecule has 2 heterocycles. The number of imide groups is 1. The molecule has 0 aromatic heterocycles. The van der Waals surface area contributed by atoms with Crippen LogP contribution < -0.4 is 5.32 Å². The van der Waals surface area contributed by atoms with Crippen LogP contribution in [0.3, 0.4) is 0 Å². The Balaban J connectivity index is 1.73. The Labute approximate surface area is 113 Å². The third kappa shape index (κ3) is 2.54. The molecule has 5 heteroatoms. The average molecular weight is 266 g/mol. The van der Waals surface area contributed by atoms with E-state index in [0.29, 0.717) is 0 Å². The normalized spacial score (nSPS) is 31.8. The number of hydrogen-bond donors (Lipinski definition) is 1. The third-order valence-corrected chi connectivity index (χ3v) is 4.77. The second-order valence-electron chi connectivity index (χ2n) is 6.06. The van der Waals surface area contributed by atoms with Crippen LogP contribution in [0.2, 0.25) is 0 Å². The summed E-state index contributed by atoms with van der Waals surface area (Å²) in [5, 5.41) is 3.65. The van der Waals surface area contributed by atoms with E-state index in [1.807, 2.05) is 0 Å². The number of rotatable bonds is 1. The second kappa shape index (κ2) is 5.21. The van der Waals surface area contributed by atoms with Gasteiger partial charge in [-0.25, -0.2) is 0 Å². The Morgan fingerprint density at radius 1 is 1.11 bits per heavy atom. The van der Waals surface area contributed by atoms with Gasteiger partial charge in [-0.05, 0) is 32.2 Å². The predicted octanol–water partition coefficient (Wildman–Crippen LogP) is 0.827. The SMILES string of the molecule is O=C1COCC(=O)N1C1CCNC2(CCCCC2)C1. The smallest absolute Gasteiger partial charge is 0.255 e. The lowest BCUT2D eigenvalue weighted by Crippen LogP contribution is -2.61. The van der Waals surface area contributed by atoms with Crippen LogP contribution in [0.5, 0.6) is 0 Å². The van der Waals surface area contributed by atoms with Gasteiger partial charge in [0.1, 0.15) is 13.2 Å². The highest BCUT2D eigenvalue weighted by atomic mass is 16.5. The molecular formula is C14H22N2O3. The van der Waals surface area contributed by atoms with E-state index in [1.165, 1.54) is 37.0 Å². The summed E-state index contributed by atoms with van der Waals surface area (Å²) in [5.41, 5.74) is 0.167. The van der Waals surface area contributed by atoms with Crippen LogP contribution in [-0.4, -0.2) is 48.1 Å². The molecule has 0 aromatic carbocycles. The summed E-state index contributed by atoms with van der Waals surface area (Å²) in [5.74, 6) is -0.316. The molecule has 3 rings (SSSR count). The van der Waals surface area contributed by atoms with Crippen molar-refractivity contribution < 1.29 is 14.3 Å². The van der Waals surface area contributed by atoms with Gasteiger partial charge in [-0.15, -0.1) is 0 Å². The molecule has 1 atom stereocenters. The van der Waals surface area contributed by atoms with Crippen LogP contribution >= 0.6 is 0 Å². The number of amides is 2. The van der Waals surface area contributed by atoms with Gasteiger partial charge in [0.05, 0.1) is 0 Å². The first-order valence-electron chi connectivity index (χ1n) is 7.38. The molecular weight excluding hydrogens is 244 g/mol. The number of nitrogens with zero attached hydrogens (tertiary/aromatic N) is 1. The molecule has 1 aliphatic carbocycles. The molecule has 1 unspecified atom stereocenters. The maximum atomic E-state index is 11.9. The first-order chi connectivity index (χ1) is 9.20. The number of nitrogens with one attached hydrogen (secondary N) is 1. The van der Waals surface area contributed by atoms with E-state index in [-0.39, 0.29) is 36.6 Å². The molecule has 1 N–H and O–H groups in total. The van der Waals surface area contributed by atoms with Gasteiger partial charge in [-0.3, -0.25) is 14.5 Å². The Bertz CT molecular complexity index is 355. The molecule has 0 aromatic rings. The van der Waals surface area contributed by atoms with E-state index < -0.39 is 0 Å². The van der Waals surface area contributed by atoms with Crippen molar-refractivity contribution in [3.8, 4) is 0 Å². The largest absolute Gasteiger partial charge is 0.362 e. The summed E-state index contributed by atoms with van der Waals surface area (Å²) in [6.45, 7) is 1.02. The Kier molecular flexibility index (Phi) is 3.58. The van der Waals surface area contributed by atoms with Crippen molar-refractivity contribution in [1.82, 2.24) is 10.2 Å². The van der Waals surface area contributed by atoms with E-state index in [9.17, 15) is 9.59 Å². The van der Waals surface area contributed by atoms with Gasteiger partial charge in [0.2, 0.25) is 0 Å². The summed E-state index contributed by atoms with van der Waals surface area (Å²) in [6.07, 6.45) is 7.97. The average Bonchev–Trinajstić information content (AvgIpc) is 2.39. The minimum absolute atomic E-state index is 0.0582. The molecule has 106 valence electrons. The molecule has 0 radical (unpaired) electrons. The van der Waals surface area contributed by atoms with Crippen LogP contribution in [0.25, 0.3) is 0 Å². The molecule has 3 aliphatic rings. The molecule has 1 saturated carbocycles. The van der Waals surface area contributed by atoms with E-state index in [0.717, 1.165) is 19.4 Å². The van der Waals surface area contributed by atoms with Crippen molar-refractivity contribution in [1.29, 1.82) is 0 Å². The molecule has 19 heavy (non-hydrogen) atoms. The fourth-order valence-electron chi connectivity index (χ4n) is 3.87. The number of piperidine rings is 1. The van der Waals surface area contributed by atoms with Gasteiger partial charge >= 0.3 is 0 Å². The lowest BCUT2D eigenvalue weighted by Gasteiger charge is -2.47. The maximum absolute atomic E-state index is 11.9. The zero-order valence-electron chi connectivity index (χ0n) is 11.3. The fraction of sp³-hybridized carbons (Fsp3) is 0.857. The van der Waals surface area contributed by atoms with Gasteiger partial charge in [0.15, 0.2) is 0 Å².